The number of hydrogen-bond acceptors (Lipinski definition) is 3. The van der Waals surface area contributed by atoms with Gasteiger partial charge in [0, 0.05) is 25.0 Å². The number of aryl methyl sites for hydroxylation is 1. The van der Waals surface area contributed by atoms with Crippen molar-refractivity contribution in [3.63, 3.8) is 0 Å². The monoisotopic (exact) mass is 288 g/mol. The number of thioether (sulfide) groups is 1. The molecule has 2 aromatic rings. The van der Waals surface area contributed by atoms with Gasteiger partial charge in [-0.25, -0.2) is 4.98 Å². The van der Waals surface area contributed by atoms with Crippen molar-refractivity contribution in [2.75, 3.05) is 5.75 Å². The van der Waals surface area contributed by atoms with Crippen LogP contribution in [0, 0.1) is 0 Å². The molecular weight excluding hydrogens is 268 g/mol. The minimum absolute atomic E-state index is 0.114. The molecule has 0 fully saturated rings. The number of ketones is 1. The molecule has 1 aromatic carbocycles. The van der Waals surface area contributed by atoms with Crippen LogP contribution in [0.5, 0.6) is 0 Å². The molecule has 0 saturated carbocycles. The molecule has 0 atom stereocenters. The van der Waals surface area contributed by atoms with E-state index in [4.69, 9.17) is 0 Å². The van der Waals surface area contributed by atoms with Crippen molar-refractivity contribution in [3.05, 3.63) is 47.8 Å². The second-order valence-electron chi connectivity index (χ2n) is 5.86. The van der Waals surface area contributed by atoms with Gasteiger partial charge in [-0.3, -0.25) is 4.79 Å². The van der Waals surface area contributed by atoms with E-state index in [0.29, 0.717) is 5.75 Å². The first kappa shape index (κ1) is 14.9. The number of benzene rings is 1. The summed E-state index contributed by atoms with van der Waals surface area (Å²) in [5.74, 6) is 0.554. The van der Waals surface area contributed by atoms with Gasteiger partial charge in [0.1, 0.15) is 0 Å². The van der Waals surface area contributed by atoms with Crippen LogP contribution < -0.4 is 0 Å². The molecule has 0 aliphatic heterocycles. The number of imidazole rings is 1. The Kier molecular flexibility index (Phi) is 4.33. The highest BCUT2D eigenvalue weighted by Crippen LogP contribution is 2.23. The highest BCUT2D eigenvalue weighted by Gasteiger charge is 2.14. The molecule has 1 heterocycles. The van der Waals surface area contributed by atoms with Crippen molar-refractivity contribution in [2.45, 2.75) is 31.3 Å². The van der Waals surface area contributed by atoms with Crippen molar-refractivity contribution in [1.29, 1.82) is 0 Å². The number of carbonyl (C=O) groups is 1. The number of nitrogens with zero attached hydrogens (tertiary/aromatic N) is 2. The molecule has 0 spiro atoms. The third-order valence-corrected chi connectivity index (χ3v) is 4.24. The molecule has 0 amide bonds. The Morgan fingerprint density at radius 2 is 1.90 bits per heavy atom. The second kappa shape index (κ2) is 5.83. The molecule has 106 valence electrons. The van der Waals surface area contributed by atoms with Gasteiger partial charge in [0.25, 0.3) is 0 Å². The zero-order chi connectivity index (χ0) is 14.8. The molecule has 0 bridgehead atoms. The van der Waals surface area contributed by atoms with Crippen LogP contribution in [-0.4, -0.2) is 21.1 Å². The first-order valence-electron chi connectivity index (χ1n) is 6.62. The van der Waals surface area contributed by atoms with Crippen molar-refractivity contribution in [2.24, 2.45) is 7.05 Å². The molecule has 4 heteroatoms. The summed E-state index contributed by atoms with van der Waals surface area (Å²) in [4.78, 5) is 16.4. The summed E-state index contributed by atoms with van der Waals surface area (Å²) >= 11 is 1.47. The number of carbonyl (C=O) groups excluding carboxylic acids is 1. The summed E-state index contributed by atoms with van der Waals surface area (Å²) < 4.78 is 1.92. The van der Waals surface area contributed by atoms with Crippen LogP contribution in [0.3, 0.4) is 0 Å². The second-order valence-corrected chi connectivity index (χ2v) is 6.80. The van der Waals surface area contributed by atoms with Gasteiger partial charge < -0.3 is 4.57 Å². The quantitative estimate of drug-likeness (QED) is 0.635. The molecule has 3 nitrogen and oxygen atoms in total. The number of rotatable bonds is 4. The topological polar surface area (TPSA) is 34.9 Å². The average molecular weight is 288 g/mol. The maximum atomic E-state index is 12.2. The van der Waals surface area contributed by atoms with E-state index in [1.807, 2.05) is 42.1 Å². The Labute approximate surface area is 124 Å². The van der Waals surface area contributed by atoms with Crippen LogP contribution in [0.15, 0.2) is 41.8 Å². The van der Waals surface area contributed by atoms with Crippen molar-refractivity contribution < 1.29 is 4.79 Å². The van der Waals surface area contributed by atoms with Gasteiger partial charge in [0.2, 0.25) is 0 Å². The SMILES string of the molecule is Cn1ccnc1SCC(=O)c1ccc(C(C)(C)C)cc1. The minimum atomic E-state index is 0.114. The van der Waals surface area contributed by atoms with Crippen LogP contribution in [0.2, 0.25) is 0 Å². The molecule has 0 radical (unpaired) electrons. The van der Waals surface area contributed by atoms with E-state index >= 15 is 0 Å². The molecule has 0 saturated heterocycles. The fourth-order valence-corrected chi connectivity index (χ4v) is 2.69. The summed E-state index contributed by atoms with van der Waals surface area (Å²) in [6.07, 6.45) is 3.62. The summed E-state index contributed by atoms with van der Waals surface area (Å²) in [7, 11) is 1.93. The van der Waals surface area contributed by atoms with Gasteiger partial charge in [-0.1, -0.05) is 56.8 Å². The van der Waals surface area contributed by atoms with Gasteiger partial charge >= 0.3 is 0 Å². The van der Waals surface area contributed by atoms with Crippen LogP contribution in [-0.2, 0) is 12.5 Å². The number of aromatic nitrogens is 2. The fourth-order valence-electron chi connectivity index (χ4n) is 1.86. The average Bonchev–Trinajstić information content (AvgIpc) is 2.81. The van der Waals surface area contributed by atoms with Crippen molar-refractivity contribution in [1.82, 2.24) is 9.55 Å². The summed E-state index contributed by atoms with van der Waals surface area (Å²) in [6, 6.07) is 7.92. The molecule has 0 unspecified atom stereocenters. The smallest absolute Gasteiger partial charge is 0.173 e. The van der Waals surface area contributed by atoms with Gasteiger partial charge in [-0.15, -0.1) is 0 Å². The van der Waals surface area contributed by atoms with Crippen molar-refractivity contribution >= 4 is 17.5 Å². The summed E-state index contributed by atoms with van der Waals surface area (Å²) in [5.41, 5.74) is 2.12. The lowest BCUT2D eigenvalue weighted by atomic mass is 9.86. The third kappa shape index (κ3) is 3.51. The molecule has 2 rings (SSSR count). The maximum Gasteiger partial charge on any atom is 0.173 e. The Balaban J connectivity index is 2.01. The highest BCUT2D eigenvalue weighted by atomic mass is 32.2. The zero-order valence-electron chi connectivity index (χ0n) is 12.4. The van der Waals surface area contributed by atoms with E-state index in [9.17, 15) is 4.79 Å². The predicted molar refractivity (Wildman–Crippen MR) is 83.4 cm³/mol. The van der Waals surface area contributed by atoms with Gasteiger partial charge in [-0.05, 0) is 11.0 Å². The van der Waals surface area contributed by atoms with E-state index in [2.05, 4.69) is 25.8 Å². The third-order valence-electron chi connectivity index (χ3n) is 3.18. The number of hydrogen-bond donors (Lipinski definition) is 0. The predicted octanol–water partition coefficient (Wildman–Crippen LogP) is 3.69. The van der Waals surface area contributed by atoms with Gasteiger partial charge in [-0.2, -0.15) is 0 Å². The van der Waals surface area contributed by atoms with E-state index in [-0.39, 0.29) is 11.2 Å². The van der Waals surface area contributed by atoms with E-state index in [0.717, 1.165) is 10.7 Å². The Hall–Kier alpha value is -1.55. The Morgan fingerprint density at radius 3 is 2.40 bits per heavy atom. The minimum Gasteiger partial charge on any atom is -0.329 e. The normalized spacial score (nSPS) is 11.6. The lowest BCUT2D eigenvalue weighted by molar-refractivity contribution is 0.102. The fraction of sp³-hybridized carbons (Fsp3) is 0.375. The maximum absolute atomic E-state index is 12.2. The van der Waals surface area contributed by atoms with Gasteiger partial charge in [0.15, 0.2) is 10.9 Å². The molecule has 1 aromatic heterocycles. The zero-order valence-corrected chi connectivity index (χ0v) is 13.2. The van der Waals surface area contributed by atoms with E-state index in [1.54, 1.807) is 6.20 Å². The molecule has 0 N–H and O–H groups in total. The largest absolute Gasteiger partial charge is 0.329 e. The Bertz CT molecular complexity index is 594. The van der Waals surface area contributed by atoms with Gasteiger partial charge in [0.05, 0.1) is 5.75 Å². The summed E-state index contributed by atoms with van der Waals surface area (Å²) in [5, 5.41) is 0.865. The molecule has 20 heavy (non-hydrogen) atoms. The van der Waals surface area contributed by atoms with Crippen LogP contribution in [0.25, 0.3) is 0 Å². The molecular formula is C16H20N2OS. The molecule has 0 aliphatic carbocycles. The number of Topliss-reactive ketones (excluding diaryl/α,β-unsaturated/α-hetero) is 1. The molecule has 0 aliphatic rings. The Morgan fingerprint density at radius 1 is 1.25 bits per heavy atom. The van der Waals surface area contributed by atoms with Crippen molar-refractivity contribution in [3.8, 4) is 0 Å². The lowest BCUT2D eigenvalue weighted by Crippen LogP contribution is -2.11. The lowest BCUT2D eigenvalue weighted by Gasteiger charge is -2.18. The van der Waals surface area contributed by atoms with E-state index in [1.165, 1.54) is 17.3 Å². The van der Waals surface area contributed by atoms with Crippen LogP contribution in [0.1, 0.15) is 36.7 Å². The van der Waals surface area contributed by atoms with Crippen LogP contribution >= 0.6 is 11.8 Å². The van der Waals surface area contributed by atoms with Crippen LogP contribution in [0.4, 0.5) is 0 Å². The first-order valence-corrected chi connectivity index (χ1v) is 7.60. The first-order chi connectivity index (χ1) is 9.38. The standard InChI is InChI=1S/C16H20N2OS/c1-16(2,3)13-7-5-12(6-8-13)14(19)11-20-15-17-9-10-18(15)4/h5-10H,11H2,1-4H3. The highest BCUT2D eigenvalue weighted by molar-refractivity contribution is 7.99. The van der Waals surface area contributed by atoms with E-state index < -0.39 is 0 Å². The summed E-state index contributed by atoms with van der Waals surface area (Å²) in [6.45, 7) is 6.50.